The fraction of sp³-hybridized carbons (Fsp3) is 1.00. The Morgan fingerprint density at radius 1 is 0.621 bits per heavy atom. The van der Waals surface area contributed by atoms with E-state index >= 15 is 0 Å². The van der Waals surface area contributed by atoms with Crippen LogP contribution < -0.4 is 0 Å². The summed E-state index contributed by atoms with van der Waals surface area (Å²) in [5, 5.41) is 0. The molecule has 0 heterocycles. The average molecular weight is 399 g/mol. The summed E-state index contributed by atoms with van der Waals surface area (Å²) < 4.78 is 0. The van der Waals surface area contributed by atoms with E-state index in [1.165, 1.54) is 38.5 Å². The Labute approximate surface area is 182 Å². The number of hydrogen-bond donors (Lipinski definition) is 0. The molecule has 0 heteroatoms. The molecule has 0 bridgehead atoms. The summed E-state index contributed by atoms with van der Waals surface area (Å²) in [7, 11) is 0. The van der Waals surface area contributed by atoms with E-state index in [0.29, 0.717) is 21.7 Å². The lowest BCUT2D eigenvalue weighted by Gasteiger charge is -2.71. The molecular formula is C29H50. The van der Waals surface area contributed by atoms with Crippen LogP contribution in [0.4, 0.5) is 0 Å². The number of hydrogen-bond acceptors (Lipinski definition) is 0. The van der Waals surface area contributed by atoms with Crippen molar-refractivity contribution in [2.45, 2.75) is 119 Å². The van der Waals surface area contributed by atoms with Gasteiger partial charge in [0, 0.05) is 0 Å². The first-order valence-corrected chi connectivity index (χ1v) is 13.5. The minimum absolute atomic E-state index is 0.569. The lowest BCUT2D eigenvalue weighted by molar-refractivity contribution is -0.227. The Bertz CT molecular complexity index is 644. The first-order valence-electron chi connectivity index (χ1n) is 13.5. The van der Waals surface area contributed by atoms with Crippen molar-refractivity contribution in [3.63, 3.8) is 0 Å². The van der Waals surface area contributed by atoms with Crippen molar-refractivity contribution in [3.8, 4) is 0 Å². The molecule has 0 amide bonds. The predicted octanol–water partition coefficient (Wildman–Crippen LogP) is 8.74. The molecule has 5 aliphatic carbocycles. The molecule has 0 N–H and O–H groups in total. The van der Waals surface area contributed by atoms with Gasteiger partial charge in [0.2, 0.25) is 0 Å². The van der Waals surface area contributed by atoms with E-state index < -0.39 is 0 Å². The van der Waals surface area contributed by atoms with Gasteiger partial charge in [-0.05, 0) is 127 Å². The van der Waals surface area contributed by atoms with Gasteiger partial charge in [0.1, 0.15) is 0 Å². The zero-order valence-corrected chi connectivity index (χ0v) is 20.8. The lowest BCUT2D eigenvalue weighted by Crippen LogP contribution is -2.64. The van der Waals surface area contributed by atoms with E-state index in [2.05, 4.69) is 48.5 Å². The van der Waals surface area contributed by atoms with Crippen LogP contribution in [-0.2, 0) is 0 Å². The van der Waals surface area contributed by atoms with Gasteiger partial charge in [-0.15, -0.1) is 0 Å². The molecule has 0 spiro atoms. The molecule has 0 aromatic rings. The third-order valence-electron chi connectivity index (χ3n) is 13.0. The first-order chi connectivity index (χ1) is 13.5. The van der Waals surface area contributed by atoms with Crippen molar-refractivity contribution in [2.24, 2.45) is 63.1 Å². The fourth-order valence-corrected chi connectivity index (χ4v) is 11.6. The van der Waals surface area contributed by atoms with Crippen LogP contribution in [0.1, 0.15) is 119 Å². The number of fused-ring (bicyclic) bond motifs is 7. The van der Waals surface area contributed by atoms with E-state index in [1.807, 2.05) is 0 Å². The standard InChI is InChI=1S/C29H50/c1-19(2)20-9-10-22-21(20)13-17-28(6)23(22)11-12-25-27(5)16-8-15-26(3,4)24(27)14-18-29(25,28)7/h19-25H,8-18H2,1-7H3/t20-,21+,22+,23-,24+,25-,27+,28-,29-/m1/s1. The van der Waals surface area contributed by atoms with E-state index in [0.717, 1.165) is 41.4 Å². The summed E-state index contributed by atoms with van der Waals surface area (Å²) in [6, 6.07) is 0. The molecule has 0 radical (unpaired) electrons. The van der Waals surface area contributed by atoms with Gasteiger partial charge in [0.25, 0.3) is 0 Å². The summed E-state index contributed by atoms with van der Waals surface area (Å²) in [4.78, 5) is 0. The topological polar surface area (TPSA) is 0 Å². The van der Waals surface area contributed by atoms with Crippen molar-refractivity contribution in [2.75, 3.05) is 0 Å². The van der Waals surface area contributed by atoms with Crippen molar-refractivity contribution in [3.05, 3.63) is 0 Å². The summed E-state index contributed by atoms with van der Waals surface area (Å²) in [6.45, 7) is 18.6. The highest BCUT2D eigenvalue weighted by atomic mass is 14.7. The Morgan fingerprint density at radius 3 is 2.07 bits per heavy atom. The van der Waals surface area contributed by atoms with Crippen LogP contribution >= 0.6 is 0 Å². The molecule has 0 nitrogen and oxygen atoms in total. The second-order valence-corrected chi connectivity index (χ2v) is 14.4. The quantitative estimate of drug-likeness (QED) is 0.414. The van der Waals surface area contributed by atoms with Crippen molar-refractivity contribution >= 4 is 0 Å². The zero-order valence-electron chi connectivity index (χ0n) is 20.8. The van der Waals surface area contributed by atoms with Crippen LogP contribution in [0.15, 0.2) is 0 Å². The third-order valence-corrected chi connectivity index (χ3v) is 13.0. The van der Waals surface area contributed by atoms with Gasteiger partial charge < -0.3 is 0 Å². The zero-order chi connectivity index (χ0) is 20.8. The van der Waals surface area contributed by atoms with Crippen LogP contribution in [-0.4, -0.2) is 0 Å². The monoisotopic (exact) mass is 398 g/mol. The Hall–Kier alpha value is 0. The molecule has 29 heavy (non-hydrogen) atoms. The van der Waals surface area contributed by atoms with Crippen LogP contribution in [0.5, 0.6) is 0 Å². The molecule has 0 aromatic heterocycles. The second-order valence-electron chi connectivity index (χ2n) is 14.4. The summed E-state index contributed by atoms with van der Waals surface area (Å²) in [6.07, 6.45) is 16.8. The third kappa shape index (κ3) is 2.62. The van der Waals surface area contributed by atoms with Crippen LogP contribution in [0.2, 0.25) is 0 Å². The van der Waals surface area contributed by atoms with Gasteiger partial charge in [-0.3, -0.25) is 0 Å². The van der Waals surface area contributed by atoms with Gasteiger partial charge in [-0.25, -0.2) is 0 Å². The molecule has 5 fully saturated rings. The molecule has 5 aliphatic rings. The largest absolute Gasteiger partial charge is 0.0625 e. The minimum Gasteiger partial charge on any atom is -0.0625 e. The minimum atomic E-state index is 0.569. The fourth-order valence-electron chi connectivity index (χ4n) is 11.6. The maximum atomic E-state index is 2.81. The van der Waals surface area contributed by atoms with E-state index in [-0.39, 0.29) is 0 Å². The number of rotatable bonds is 1. The average Bonchev–Trinajstić information content (AvgIpc) is 3.05. The highest BCUT2D eigenvalue weighted by Crippen LogP contribution is 2.75. The van der Waals surface area contributed by atoms with Crippen LogP contribution in [0.25, 0.3) is 0 Å². The molecule has 0 unspecified atom stereocenters. The van der Waals surface area contributed by atoms with Crippen LogP contribution in [0, 0.1) is 63.1 Å². The molecule has 9 atom stereocenters. The molecule has 5 rings (SSSR count). The predicted molar refractivity (Wildman–Crippen MR) is 125 cm³/mol. The normalized spacial score (nSPS) is 56.3. The summed E-state index contributed by atoms with van der Waals surface area (Å²) in [5.41, 5.74) is 2.38. The Kier molecular flexibility index (Phi) is 4.69. The molecule has 166 valence electrons. The van der Waals surface area contributed by atoms with Crippen molar-refractivity contribution in [1.29, 1.82) is 0 Å². The second kappa shape index (κ2) is 6.51. The van der Waals surface area contributed by atoms with Gasteiger partial charge in [-0.1, -0.05) is 54.9 Å². The highest BCUT2D eigenvalue weighted by Gasteiger charge is 2.67. The maximum absolute atomic E-state index is 2.81. The summed E-state index contributed by atoms with van der Waals surface area (Å²) in [5.74, 6) is 7.04. The molecule has 0 saturated heterocycles. The van der Waals surface area contributed by atoms with E-state index in [4.69, 9.17) is 0 Å². The van der Waals surface area contributed by atoms with Gasteiger partial charge >= 0.3 is 0 Å². The van der Waals surface area contributed by atoms with Gasteiger partial charge in [0.15, 0.2) is 0 Å². The Balaban J connectivity index is 1.48. The molecule has 5 saturated carbocycles. The SMILES string of the molecule is CC(C)[C@H]1CC[C@H]2[C@H]1CC[C@]1(C)[C@@H]2CC[C@@H]2[C@@]3(C)CCCC(C)(C)[C@@H]3CC[C@]21C. The summed E-state index contributed by atoms with van der Waals surface area (Å²) >= 11 is 0. The van der Waals surface area contributed by atoms with Crippen molar-refractivity contribution in [1.82, 2.24) is 0 Å². The van der Waals surface area contributed by atoms with Gasteiger partial charge in [-0.2, -0.15) is 0 Å². The van der Waals surface area contributed by atoms with Crippen molar-refractivity contribution < 1.29 is 0 Å². The highest BCUT2D eigenvalue weighted by molar-refractivity contribution is 5.16. The smallest absolute Gasteiger partial charge is 0.0235 e. The first kappa shape index (κ1) is 20.9. The Morgan fingerprint density at radius 2 is 1.34 bits per heavy atom. The molecule has 0 aromatic carbocycles. The van der Waals surface area contributed by atoms with Crippen LogP contribution in [0.3, 0.4) is 0 Å². The van der Waals surface area contributed by atoms with E-state index in [9.17, 15) is 0 Å². The lowest BCUT2D eigenvalue weighted by atomic mass is 9.33. The maximum Gasteiger partial charge on any atom is -0.0235 e. The van der Waals surface area contributed by atoms with Gasteiger partial charge in [0.05, 0.1) is 0 Å². The molecular weight excluding hydrogens is 348 g/mol. The molecule has 0 aliphatic heterocycles. The van der Waals surface area contributed by atoms with E-state index in [1.54, 1.807) is 32.1 Å².